The van der Waals surface area contributed by atoms with Crippen molar-refractivity contribution in [2.75, 3.05) is 13.1 Å². The number of benzene rings is 1. The number of thiazole rings is 1. The van der Waals surface area contributed by atoms with E-state index in [0.29, 0.717) is 18.2 Å². The molecule has 24 heavy (non-hydrogen) atoms. The Kier molecular flexibility index (Phi) is 5.19. The second kappa shape index (κ2) is 7.34. The highest BCUT2D eigenvalue weighted by atomic mass is 32.1. The lowest BCUT2D eigenvalue weighted by atomic mass is 9.99. The third-order valence-electron chi connectivity index (χ3n) is 4.40. The lowest BCUT2D eigenvalue weighted by Crippen LogP contribution is -2.38. The van der Waals surface area contributed by atoms with Gasteiger partial charge in [0.05, 0.1) is 0 Å². The third kappa shape index (κ3) is 4.15. The molecule has 0 N–H and O–H groups in total. The zero-order chi connectivity index (χ0) is 17.1. The number of ether oxygens (including phenoxy) is 1. The fraction of sp³-hybridized carbons (Fsp3) is 0.474. The summed E-state index contributed by atoms with van der Waals surface area (Å²) in [4.78, 5) is 18.9. The summed E-state index contributed by atoms with van der Waals surface area (Å²) in [6, 6.07) is 6.15. The van der Waals surface area contributed by atoms with E-state index in [0.717, 1.165) is 36.7 Å². The molecule has 0 saturated carbocycles. The number of piperidine rings is 1. The Labute approximate surface area is 147 Å². The number of aryl methyl sites for hydroxylation is 2. The lowest BCUT2D eigenvalue weighted by Gasteiger charge is -2.29. The molecule has 0 unspecified atom stereocenters. The average molecular weight is 344 g/mol. The van der Waals surface area contributed by atoms with Gasteiger partial charge in [-0.1, -0.05) is 13.0 Å². The number of carbonyl (C=O) groups is 1. The van der Waals surface area contributed by atoms with E-state index in [9.17, 15) is 4.79 Å². The highest BCUT2D eigenvalue weighted by molar-refractivity contribution is 7.09. The van der Waals surface area contributed by atoms with E-state index < -0.39 is 0 Å². The van der Waals surface area contributed by atoms with Gasteiger partial charge in [0, 0.05) is 18.5 Å². The van der Waals surface area contributed by atoms with Crippen LogP contribution >= 0.6 is 11.3 Å². The van der Waals surface area contributed by atoms with Gasteiger partial charge in [-0.3, -0.25) is 4.79 Å². The maximum atomic E-state index is 12.5. The SMILES string of the molecule is Cc1cc(C)cc(OCc2nc(C(=O)N3CCC(C)CC3)cs2)c1. The van der Waals surface area contributed by atoms with Crippen LogP contribution in [0.15, 0.2) is 23.6 Å². The number of likely N-dealkylation sites (tertiary alicyclic amines) is 1. The molecule has 0 spiro atoms. The van der Waals surface area contributed by atoms with Crippen LogP contribution in [0.2, 0.25) is 0 Å². The fourth-order valence-electron chi connectivity index (χ4n) is 3.01. The molecular weight excluding hydrogens is 320 g/mol. The van der Waals surface area contributed by atoms with E-state index in [4.69, 9.17) is 4.74 Å². The number of nitrogens with zero attached hydrogens (tertiary/aromatic N) is 2. The van der Waals surface area contributed by atoms with Crippen molar-refractivity contribution in [3.63, 3.8) is 0 Å². The van der Waals surface area contributed by atoms with Crippen molar-refractivity contribution in [2.24, 2.45) is 5.92 Å². The highest BCUT2D eigenvalue weighted by Gasteiger charge is 2.23. The van der Waals surface area contributed by atoms with Crippen molar-refractivity contribution in [2.45, 2.75) is 40.2 Å². The number of hydrogen-bond acceptors (Lipinski definition) is 4. The quantitative estimate of drug-likeness (QED) is 0.834. The number of aromatic nitrogens is 1. The Balaban J connectivity index is 1.60. The summed E-state index contributed by atoms with van der Waals surface area (Å²) in [5.74, 6) is 1.61. The van der Waals surface area contributed by atoms with E-state index in [2.05, 4.69) is 31.8 Å². The van der Waals surface area contributed by atoms with Gasteiger partial charge >= 0.3 is 0 Å². The first-order chi connectivity index (χ1) is 11.5. The van der Waals surface area contributed by atoms with Gasteiger partial charge < -0.3 is 9.64 Å². The van der Waals surface area contributed by atoms with Crippen LogP contribution in [-0.4, -0.2) is 28.9 Å². The minimum atomic E-state index is 0.0517. The predicted molar refractivity (Wildman–Crippen MR) is 96.7 cm³/mol. The molecule has 1 aliphatic heterocycles. The Hall–Kier alpha value is -1.88. The first kappa shape index (κ1) is 17.0. The maximum Gasteiger partial charge on any atom is 0.273 e. The van der Waals surface area contributed by atoms with Crippen LogP contribution in [0.4, 0.5) is 0 Å². The fourth-order valence-corrected chi connectivity index (χ4v) is 3.69. The van der Waals surface area contributed by atoms with Gasteiger partial charge in [0.1, 0.15) is 23.1 Å². The van der Waals surface area contributed by atoms with Gasteiger partial charge in [-0.05, 0) is 55.9 Å². The van der Waals surface area contributed by atoms with E-state index in [1.807, 2.05) is 22.4 Å². The molecule has 0 radical (unpaired) electrons. The summed E-state index contributed by atoms with van der Waals surface area (Å²) < 4.78 is 5.83. The summed E-state index contributed by atoms with van der Waals surface area (Å²) in [7, 11) is 0. The number of carbonyl (C=O) groups excluding carboxylic acids is 1. The molecule has 5 heteroatoms. The molecule has 0 bridgehead atoms. The summed E-state index contributed by atoms with van der Waals surface area (Å²) in [6.45, 7) is 8.43. The number of amides is 1. The summed E-state index contributed by atoms with van der Waals surface area (Å²) >= 11 is 1.49. The van der Waals surface area contributed by atoms with Crippen molar-refractivity contribution < 1.29 is 9.53 Å². The van der Waals surface area contributed by atoms with Crippen molar-refractivity contribution >= 4 is 17.2 Å². The normalized spacial score (nSPS) is 15.5. The molecule has 3 rings (SSSR count). The molecule has 0 aliphatic carbocycles. The van der Waals surface area contributed by atoms with Crippen LogP contribution < -0.4 is 4.74 Å². The molecule has 1 aromatic heterocycles. The molecule has 1 aromatic carbocycles. The summed E-state index contributed by atoms with van der Waals surface area (Å²) in [5.41, 5.74) is 2.91. The zero-order valence-electron chi connectivity index (χ0n) is 14.5. The minimum absolute atomic E-state index is 0.0517. The van der Waals surface area contributed by atoms with Crippen molar-refractivity contribution in [1.82, 2.24) is 9.88 Å². The van der Waals surface area contributed by atoms with E-state index in [1.54, 1.807) is 0 Å². The van der Waals surface area contributed by atoms with Gasteiger partial charge in [-0.25, -0.2) is 4.98 Å². The molecule has 1 fully saturated rings. The van der Waals surface area contributed by atoms with Crippen molar-refractivity contribution in [3.05, 3.63) is 45.4 Å². The van der Waals surface area contributed by atoms with Crippen LogP contribution in [-0.2, 0) is 6.61 Å². The largest absolute Gasteiger partial charge is 0.486 e. The van der Waals surface area contributed by atoms with Gasteiger partial charge in [0.25, 0.3) is 5.91 Å². The topological polar surface area (TPSA) is 42.4 Å². The molecule has 128 valence electrons. The van der Waals surface area contributed by atoms with Crippen molar-refractivity contribution in [3.8, 4) is 5.75 Å². The minimum Gasteiger partial charge on any atom is -0.486 e. The smallest absolute Gasteiger partial charge is 0.273 e. The standard InChI is InChI=1S/C19H24N2O2S/c1-13-4-6-21(7-5-13)19(22)17-12-24-18(20-17)11-23-16-9-14(2)8-15(3)10-16/h8-10,12-13H,4-7,11H2,1-3H3. The van der Waals surface area contributed by atoms with Crippen LogP contribution in [0.25, 0.3) is 0 Å². The summed E-state index contributed by atoms with van der Waals surface area (Å²) in [5, 5.41) is 2.68. The second-order valence-electron chi connectivity index (χ2n) is 6.71. The molecular formula is C19H24N2O2S. The predicted octanol–water partition coefficient (Wildman–Crippen LogP) is 4.21. The van der Waals surface area contributed by atoms with Crippen LogP contribution in [0.3, 0.4) is 0 Å². The molecule has 4 nitrogen and oxygen atoms in total. The number of hydrogen-bond donors (Lipinski definition) is 0. The average Bonchev–Trinajstić information content (AvgIpc) is 3.01. The summed E-state index contributed by atoms with van der Waals surface area (Å²) in [6.07, 6.45) is 2.16. The first-order valence-electron chi connectivity index (χ1n) is 8.46. The molecule has 1 aliphatic rings. The zero-order valence-corrected chi connectivity index (χ0v) is 15.4. The van der Waals surface area contributed by atoms with Gasteiger partial charge in [0.2, 0.25) is 0 Å². The molecule has 2 aromatic rings. The Morgan fingerprint density at radius 2 is 1.92 bits per heavy atom. The second-order valence-corrected chi connectivity index (χ2v) is 7.66. The molecule has 0 atom stereocenters. The Morgan fingerprint density at radius 1 is 1.25 bits per heavy atom. The molecule has 1 saturated heterocycles. The lowest BCUT2D eigenvalue weighted by molar-refractivity contribution is 0.0691. The van der Waals surface area contributed by atoms with Gasteiger partial charge in [-0.2, -0.15) is 0 Å². The molecule has 1 amide bonds. The van der Waals surface area contributed by atoms with Crippen molar-refractivity contribution in [1.29, 1.82) is 0 Å². The van der Waals surface area contributed by atoms with Crippen LogP contribution in [0.1, 0.15) is 46.4 Å². The third-order valence-corrected chi connectivity index (χ3v) is 5.22. The van der Waals surface area contributed by atoms with Crippen LogP contribution in [0.5, 0.6) is 5.75 Å². The number of rotatable bonds is 4. The van der Waals surface area contributed by atoms with E-state index >= 15 is 0 Å². The van der Waals surface area contributed by atoms with Gasteiger partial charge in [0.15, 0.2) is 0 Å². The van der Waals surface area contributed by atoms with E-state index in [1.165, 1.54) is 22.5 Å². The Morgan fingerprint density at radius 3 is 2.58 bits per heavy atom. The maximum absolute atomic E-state index is 12.5. The Bertz CT molecular complexity index is 698. The monoisotopic (exact) mass is 344 g/mol. The molecule has 2 heterocycles. The van der Waals surface area contributed by atoms with E-state index in [-0.39, 0.29) is 5.91 Å². The van der Waals surface area contributed by atoms with Crippen LogP contribution in [0, 0.1) is 19.8 Å². The highest BCUT2D eigenvalue weighted by Crippen LogP contribution is 2.21. The van der Waals surface area contributed by atoms with Gasteiger partial charge in [-0.15, -0.1) is 11.3 Å². The first-order valence-corrected chi connectivity index (χ1v) is 9.34.